The van der Waals surface area contributed by atoms with E-state index in [2.05, 4.69) is 15.3 Å². The second-order valence-electron chi connectivity index (χ2n) is 8.61. The molecule has 0 saturated carbocycles. The summed E-state index contributed by atoms with van der Waals surface area (Å²) in [5, 5.41) is 23.7. The molecule has 0 fully saturated rings. The molecule has 2 heterocycles. The summed E-state index contributed by atoms with van der Waals surface area (Å²) in [6.07, 6.45) is 3.67. The van der Waals surface area contributed by atoms with Crippen LogP contribution in [0.25, 0.3) is 5.57 Å². The first-order chi connectivity index (χ1) is 16.8. The van der Waals surface area contributed by atoms with Crippen LogP contribution in [0.15, 0.2) is 77.9 Å². The monoisotopic (exact) mass is 493 g/mol. The van der Waals surface area contributed by atoms with Crippen molar-refractivity contribution in [2.45, 2.75) is 25.0 Å². The lowest BCUT2D eigenvalue weighted by Gasteiger charge is -2.32. The number of rotatable bonds is 8. The summed E-state index contributed by atoms with van der Waals surface area (Å²) >= 11 is 6.51. The molecule has 180 valence electrons. The van der Waals surface area contributed by atoms with Gasteiger partial charge in [-0.2, -0.15) is 0 Å². The van der Waals surface area contributed by atoms with Crippen LogP contribution in [0.4, 0.5) is 4.39 Å². The Kier molecular flexibility index (Phi) is 7.40. The Morgan fingerprint density at radius 2 is 1.94 bits per heavy atom. The molecule has 0 saturated heterocycles. The molecule has 35 heavy (non-hydrogen) atoms. The molecule has 6 nitrogen and oxygen atoms in total. The van der Waals surface area contributed by atoms with Gasteiger partial charge in [0, 0.05) is 23.9 Å². The number of allylic oxidation sites excluding steroid dienone is 1. The van der Waals surface area contributed by atoms with E-state index in [9.17, 15) is 19.4 Å². The minimum absolute atomic E-state index is 0.214. The summed E-state index contributed by atoms with van der Waals surface area (Å²) in [7, 11) is 0. The lowest BCUT2D eigenvalue weighted by molar-refractivity contribution is -0.0277. The van der Waals surface area contributed by atoms with Gasteiger partial charge in [0.25, 0.3) is 5.91 Å². The van der Waals surface area contributed by atoms with Gasteiger partial charge in [-0.3, -0.25) is 14.8 Å². The molecule has 0 radical (unpaired) electrons. The highest BCUT2D eigenvalue weighted by molar-refractivity contribution is 6.37. The first kappa shape index (κ1) is 24.7. The molecule has 0 unspecified atom stereocenters. The molecule has 8 heteroatoms. The zero-order valence-corrected chi connectivity index (χ0v) is 19.8. The van der Waals surface area contributed by atoms with Crippen LogP contribution in [0, 0.1) is 5.82 Å². The summed E-state index contributed by atoms with van der Waals surface area (Å²) in [6, 6.07) is 15.7. The molecule has 0 aliphatic carbocycles. The van der Waals surface area contributed by atoms with Gasteiger partial charge in [-0.25, -0.2) is 4.39 Å². The number of amides is 1. The van der Waals surface area contributed by atoms with Gasteiger partial charge in [0.05, 0.1) is 35.5 Å². The Morgan fingerprint density at radius 1 is 1.17 bits per heavy atom. The number of hydrogen-bond donors (Lipinski definition) is 3. The summed E-state index contributed by atoms with van der Waals surface area (Å²) in [5.41, 5.74) is 2.06. The fraction of sp³-hybridized carbons (Fsp3) is 0.222. The lowest BCUT2D eigenvalue weighted by Crippen LogP contribution is -2.54. The number of carbonyl (C=O) groups is 1. The highest BCUT2D eigenvalue weighted by Gasteiger charge is 2.34. The topological polar surface area (TPSA) is 94.8 Å². The van der Waals surface area contributed by atoms with E-state index < -0.39 is 24.2 Å². The van der Waals surface area contributed by atoms with Gasteiger partial charge < -0.3 is 15.5 Å². The van der Waals surface area contributed by atoms with Crippen LogP contribution in [-0.4, -0.2) is 51.6 Å². The van der Waals surface area contributed by atoms with Crippen molar-refractivity contribution in [1.82, 2.24) is 10.3 Å². The molecular formula is C27H25ClFN3O3. The fourth-order valence-corrected chi connectivity index (χ4v) is 4.16. The maximum absolute atomic E-state index is 13.4. The highest BCUT2D eigenvalue weighted by Crippen LogP contribution is 2.28. The number of benzene rings is 2. The van der Waals surface area contributed by atoms with Crippen molar-refractivity contribution >= 4 is 28.8 Å². The number of nitrogens with one attached hydrogen (secondary N) is 1. The minimum atomic E-state index is -1.59. The number of pyridine rings is 1. The fourth-order valence-electron chi connectivity index (χ4n) is 3.89. The molecule has 1 aromatic heterocycles. The van der Waals surface area contributed by atoms with Crippen LogP contribution in [0.3, 0.4) is 0 Å². The maximum atomic E-state index is 13.4. The predicted molar refractivity (Wildman–Crippen MR) is 134 cm³/mol. The van der Waals surface area contributed by atoms with E-state index in [1.165, 1.54) is 19.1 Å². The molecule has 4 rings (SSSR count). The third-order valence-electron chi connectivity index (χ3n) is 5.98. The first-order valence-corrected chi connectivity index (χ1v) is 11.5. The smallest absolute Gasteiger partial charge is 0.252 e. The average molecular weight is 494 g/mol. The van der Waals surface area contributed by atoms with E-state index in [0.717, 1.165) is 11.1 Å². The molecule has 1 aliphatic rings. The second kappa shape index (κ2) is 10.5. The predicted octanol–water partition coefficient (Wildman–Crippen LogP) is 3.84. The third kappa shape index (κ3) is 5.65. The number of carbonyl (C=O) groups excluding carboxylic acids is 1. The number of aliphatic hydroxyl groups excluding tert-OH is 1. The van der Waals surface area contributed by atoms with Crippen molar-refractivity contribution in [3.63, 3.8) is 0 Å². The van der Waals surface area contributed by atoms with Crippen molar-refractivity contribution in [3.8, 4) is 0 Å². The molecule has 1 amide bonds. The Hall–Kier alpha value is -3.39. The number of hydrogen-bond acceptors (Lipinski definition) is 5. The SMILES string of the molecule is C[C@@](O)(CO)[C@@H](Cc1ccccn1)NC(=O)c1cccc(Cl)c1C1=NCC(c2ccc(F)cc2)=C1. The van der Waals surface area contributed by atoms with Crippen molar-refractivity contribution in [1.29, 1.82) is 0 Å². The van der Waals surface area contributed by atoms with Crippen molar-refractivity contribution < 1.29 is 19.4 Å². The molecule has 3 N–H and O–H groups in total. The third-order valence-corrected chi connectivity index (χ3v) is 6.29. The Balaban J connectivity index is 1.63. The minimum Gasteiger partial charge on any atom is -0.393 e. The highest BCUT2D eigenvalue weighted by atomic mass is 35.5. The van der Waals surface area contributed by atoms with Crippen molar-refractivity contribution in [2.24, 2.45) is 4.99 Å². The summed E-state index contributed by atoms with van der Waals surface area (Å²) in [5.74, 6) is -0.791. The quantitative estimate of drug-likeness (QED) is 0.444. The van der Waals surface area contributed by atoms with Crippen LogP contribution in [0.1, 0.15) is 34.1 Å². The normalized spacial score (nSPS) is 15.7. The largest absolute Gasteiger partial charge is 0.393 e. The Bertz CT molecular complexity index is 1270. The number of aliphatic imine (C=N–C) groups is 1. The summed E-state index contributed by atoms with van der Waals surface area (Å²) in [6.45, 7) is 1.27. The molecule has 1 aliphatic heterocycles. The van der Waals surface area contributed by atoms with E-state index in [1.807, 2.05) is 12.1 Å². The maximum Gasteiger partial charge on any atom is 0.252 e. The molecular weight excluding hydrogens is 469 g/mol. The van der Waals surface area contributed by atoms with E-state index in [4.69, 9.17) is 11.6 Å². The number of halogens is 2. The van der Waals surface area contributed by atoms with Gasteiger partial charge in [0.2, 0.25) is 0 Å². The summed E-state index contributed by atoms with van der Waals surface area (Å²) in [4.78, 5) is 22.3. The van der Waals surface area contributed by atoms with E-state index in [1.54, 1.807) is 48.7 Å². The summed E-state index contributed by atoms with van der Waals surface area (Å²) < 4.78 is 13.3. The number of aliphatic hydroxyl groups is 2. The van der Waals surface area contributed by atoms with Gasteiger partial charge in [-0.05, 0) is 60.5 Å². The van der Waals surface area contributed by atoms with Crippen LogP contribution >= 0.6 is 11.6 Å². The van der Waals surface area contributed by atoms with E-state index in [-0.39, 0.29) is 17.8 Å². The molecule has 2 atom stereocenters. The standard InChI is InChI=1S/C27H25ClFN3O3/c1-27(35,16-33)24(14-20-5-2-3-12-30-20)32-26(34)21-6-4-7-22(28)25(21)23-13-18(15-31-23)17-8-10-19(29)11-9-17/h2-13,24,33,35H,14-16H2,1H3,(H,32,34)/t24-,27-/m1/s1. The molecule has 3 aromatic rings. The van der Waals surface area contributed by atoms with Crippen LogP contribution in [0.5, 0.6) is 0 Å². The molecule has 0 spiro atoms. The van der Waals surface area contributed by atoms with E-state index in [0.29, 0.717) is 28.5 Å². The van der Waals surface area contributed by atoms with Gasteiger partial charge in [-0.15, -0.1) is 0 Å². The van der Waals surface area contributed by atoms with Gasteiger partial charge in [0.15, 0.2) is 0 Å². The second-order valence-corrected chi connectivity index (χ2v) is 9.01. The number of aromatic nitrogens is 1. The average Bonchev–Trinajstić information content (AvgIpc) is 3.34. The lowest BCUT2D eigenvalue weighted by atomic mass is 9.92. The number of nitrogens with zero attached hydrogens (tertiary/aromatic N) is 2. The molecule has 0 bridgehead atoms. The zero-order valence-electron chi connectivity index (χ0n) is 19.1. The molecule has 2 aromatic carbocycles. The van der Waals surface area contributed by atoms with Crippen molar-refractivity contribution in [3.05, 3.63) is 106 Å². The van der Waals surface area contributed by atoms with Crippen molar-refractivity contribution in [2.75, 3.05) is 13.2 Å². The first-order valence-electron chi connectivity index (χ1n) is 11.1. The zero-order chi connectivity index (χ0) is 25.0. The van der Waals surface area contributed by atoms with Gasteiger partial charge in [0.1, 0.15) is 11.4 Å². The van der Waals surface area contributed by atoms with E-state index >= 15 is 0 Å². The van der Waals surface area contributed by atoms with Crippen LogP contribution < -0.4 is 5.32 Å². The van der Waals surface area contributed by atoms with Crippen LogP contribution in [-0.2, 0) is 6.42 Å². The Morgan fingerprint density at radius 3 is 2.63 bits per heavy atom. The van der Waals surface area contributed by atoms with Gasteiger partial charge >= 0.3 is 0 Å². The Labute approximate surface area is 207 Å². The van der Waals surface area contributed by atoms with Crippen LogP contribution in [0.2, 0.25) is 5.02 Å². The van der Waals surface area contributed by atoms with Gasteiger partial charge in [-0.1, -0.05) is 35.9 Å².